The van der Waals surface area contributed by atoms with Crippen molar-refractivity contribution >= 4 is 0 Å². The first-order valence-corrected chi connectivity index (χ1v) is 9.76. The number of rotatable bonds is 4. The molecule has 0 bridgehead atoms. The van der Waals surface area contributed by atoms with Crippen molar-refractivity contribution in [3.8, 4) is 5.75 Å². The van der Waals surface area contributed by atoms with Crippen LogP contribution in [0, 0.1) is 17.3 Å². The summed E-state index contributed by atoms with van der Waals surface area (Å²) in [5.41, 5.74) is 4.11. The maximum Gasteiger partial charge on any atom is 0.118 e. The van der Waals surface area contributed by atoms with E-state index in [2.05, 4.69) is 38.8 Å². The highest BCUT2D eigenvalue weighted by Gasteiger charge is 2.56. The molecule has 2 saturated carbocycles. The minimum atomic E-state index is 0.108. The summed E-state index contributed by atoms with van der Waals surface area (Å²) in [5.74, 6) is 1.83. The van der Waals surface area contributed by atoms with Gasteiger partial charge in [0.25, 0.3) is 0 Å². The van der Waals surface area contributed by atoms with Gasteiger partial charge in [-0.25, -0.2) is 0 Å². The van der Waals surface area contributed by atoms with Crippen LogP contribution in [0.1, 0.15) is 45.1 Å². The van der Waals surface area contributed by atoms with E-state index in [0.717, 1.165) is 31.4 Å². The molecule has 1 aliphatic heterocycles. The number of methoxy groups -OCH3 is 1. The molecule has 0 unspecified atom stereocenters. The summed E-state index contributed by atoms with van der Waals surface area (Å²) >= 11 is 0. The molecule has 26 heavy (non-hydrogen) atoms. The van der Waals surface area contributed by atoms with Gasteiger partial charge in [-0.15, -0.1) is 0 Å². The molecular weight excluding hydrogens is 324 g/mol. The van der Waals surface area contributed by atoms with Gasteiger partial charge in [0, 0.05) is 11.3 Å². The second kappa shape index (κ2) is 6.77. The second-order valence-electron chi connectivity index (χ2n) is 8.72. The molecule has 0 aromatic heterocycles. The van der Waals surface area contributed by atoms with Crippen LogP contribution in [0.5, 0.6) is 5.75 Å². The molecule has 1 aromatic carbocycles. The Hall–Kier alpha value is -1.74. The van der Waals surface area contributed by atoms with E-state index in [-0.39, 0.29) is 11.5 Å². The van der Waals surface area contributed by atoms with Crippen LogP contribution in [-0.4, -0.2) is 19.3 Å². The Labute approximate surface area is 157 Å². The fraction of sp³-hybridized carbons (Fsp3) is 0.565. The summed E-state index contributed by atoms with van der Waals surface area (Å²) in [7, 11) is 1.69. The van der Waals surface area contributed by atoms with Gasteiger partial charge in [0.1, 0.15) is 11.9 Å². The molecule has 0 amide bonds. The lowest BCUT2D eigenvalue weighted by atomic mass is 9.78. The Morgan fingerprint density at radius 3 is 2.69 bits per heavy atom. The third-order valence-corrected chi connectivity index (χ3v) is 6.46. The van der Waals surface area contributed by atoms with E-state index in [1.54, 1.807) is 7.11 Å². The van der Waals surface area contributed by atoms with Crippen molar-refractivity contribution in [2.75, 3.05) is 7.11 Å². The highest BCUT2D eigenvalue weighted by atomic mass is 16.5. The molecule has 1 heterocycles. The van der Waals surface area contributed by atoms with Gasteiger partial charge < -0.3 is 14.2 Å². The molecule has 3 nitrogen and oxygen atoms in total. The molecular formula is C23H30O3. The molecule has 0 saturated heterocycles. The predicted octanol–water partition coefficient (Wildman–Crippen LogP) is 5.27. The smallest absolute Gasteiger partial charge is 0.118 e. The maximum absolute atomic E-state index is 6.50. The molecule has 4 atom stereocenters. The highest BCUT2D eigenvalue weighted by Crippen LogP contribution is 2.56. The van der Waals surface area contributed by atoms with Gasteiger partial charge in [0.05, 0.1) is 26.1 Å². The maximum atomic E-state index is 6.50. The zero-order valence-electron chi connectivity index (χ0n) is 16.2. The molecule has 1 aromatic rings. The number of benzene rings is 1. The average Bonchev–Trinajstić information content (AvgIpc) is 3.14. The zero-order chi connectivity index (χ0) is 18.3. The summed E-state index contributed by atoms with van der Waals surface area (Å²) in [6, 6.07) is 8.14. The Kier molecular flexibility index (Phi) is 4.60. The summed E-state index contributed by atoms with van der Waals surface area (Å²) in [6.45, 7) is 9.70. The van der Waals surface area contributed by atoms with E-state index in [1.165, 1.54) is 16.7 Å². The molecule has 3 heteroatoms. The molecule has 3 aliphatic rings. The van der Waals surface area contributed by atoms with Gasteiger partial charge in [-0.3, -0.25) is 0 Å². The van der Waals surface area contributed by atoms with Gasteiger partial charge in [0.15, 0.2) is 0 Å². The summed E-state index contributed by atoms with van der Waals surface area (Å²) in [5, 5.41) is 0. The zero-order valence-corrected chi connectivity index (χ0v) is 16.2. The van der Waals surface area contributed by atoms with E-state index in [0.29, 0.717) is 24.5 Å². The first-order chi connectivity index (χ1) is 12.5. The fourth-order valence-corrected chi connectivity index (χ4v) is 5.17. The SMILES string of the molecule is C=C1CCCC2=CO[C@H]3[C@@H]2[C@H](CC3(C)C)[C@H]1OCc1ccc(OC)cc1. The highest BCUT2D eigenvalue weighted by molar-refractivity contribution is 5.28. The molecule has 2 aliphatic carbocycles. The molecule has 2 fully saturated rings. The lowest BCUT2D eigenvalue weighted by Crippen LogP contribution is -2.33. The van der Waals surface area contributed by atoms with E-state index < -0.39 is 0 Å². The van der Waals surface area contributed by atoms with Crippen molar-refractivity contribution in [3.05, 3.63) is 53.8 Å². The van der Waals surface area contributed by atoms with Crippen LogP contribution in [-0.2, 0) is 16.1 Å². The van der Waals surface area contributed by atoms with Crippen LogP contribution >= 0.6 is 0 Å². The molecule has 0 N–H and O–H groups in total. The van der Waals surface area contributed by atoms with Gasteiger partial charge in [-0.1, -0.05) is 32.6 Å². The van der Waals surface area contributed by atoms with Crippen molar-refractivity contribution in [2.45, 2.75) is 58.3 Å². The van der Waals surface area contributed by atoms with Crippen LogP contribution in [0.3, 0.4) is 0 Å². The summed E-state index contributed by atoms with van der Waals surface area (Å²) in [4.78, 5) is 0. The van der Waals surface area contributed by atoms with Crippen LogP contribution in [0.2, 0.25) is 0 Å². The van der Waals surface area contributed by atoms with E-state index in [9.17, 15) is 0 Å². The third kappa shape index (κ3) is 3.07. The first kappa shape index (κ1) is 17.7. The lowest BCUT2D eigenvalue weighted by Gasteiger charge is -2.33. The Morgan fingerprint density at radius 1 is 1.19 bits per heavy atom. The minimum Gasteiger partial charge on any atom is -0.497 e. The quantitative estimate of drug-likeness (QED) is 0.690. The average molecular weight is 354 g/mol. The number of hydrogen-bond donors (Lipinski definition) is 0. The number of hydrogen-bond acceptors (Lipinski definition) is 3. The van der Waals surface area contributed by atoms with E-state index in [1.807, 2.05) is 12.1 Å². The summed E-state index contributed by atoms with van der Waals surface area (Å²) < 4.78 is 17.9. The standard InChI is InChI=1S/C23H30O3/c1-15-6-5-7-17-14-26-22-20(17)19(12-23(22,2)3)21(15)25-13-16-8-10-18(24-4)11-9-16/h8-11,14,19-22H,1,5-7,12-13H2,2-4H3/t19-,20-,21-,22-/m0/s1. The molecule has 140 valence electrons. The van der Waals surface area contributed by atoms with Crippen LogP contribution in [0.4, 0.5) is 0 Å². The van der Waals surface area contributed by atoms with Gasteiger partial charge in [-0.05, 0) is 60.4 Å². The molecule has 4 rings (SSSR count). The van der Waals surface area contributed by atoms with E-state index >= 15 is 0 Å². The first-order valence-electron chi connectivity index (χ1n) is 9.76. The van der Waals surface area contributed by atoms with Crippen molar-refractivity contribution in [1.82, 2.24) is 0 Å². The van der Waals surface area contributed by atoms with Crippen molar-refractivity contribution in [3.63, 3.8) is 0 Å². The minimum absolute atomic E-state index is 0.108. The Balaban J connectivity index is 1.54. The predicted molar refractivity (Wildman–Crippen MR) is 103 cm³/mol. The normalized spacial score (nSPS) is 32.3. The van der Waals surface area contributed by atoms with E-state index in [4.69, 9.17) is 14.2 Å². The van der Waals surface area contributed by atoms with Gasteiger partial charge in [-0.2, -0.15) is 0 Å². The lowest BCUT2D eigenvalue weighted by molar-refractivity contribution is 0.00762. The van der Waals surface area contributed by atoms with Crippen LogP contribution < -0.4 is 4.74 Å². The van der Waals surface area contributed by atoms with Crippen molar-refractivity contribution < 1.29 is 14.2 Å². The second-order valence-corrected chi connectivity index (χ2v) is 8.72. The van der Waals surface area contributed by atoms with Gasteiger partial charge in [0.2, 0.25) is 0 Å². The van der Waals surface area contributed by atoms with Crippen molar-refractivity contribution in [2.24, 2.45) is 17.3 Å². The largest absolute Gasteiger partial charge is 0.497 e. The molecule has 0 radical (unpaired) electrons. The third-order valence-electron chi connectivity index (χ3n) is 6.46. The Bertz CT molecular complexity index is 701. The fourth-order valence-electron chi connectivity index (χ4n) is 5.17. The Morgan fingerprint density at radius 2 is 1.96 bits per heavy atom. The molecule has 0 spiro atoms. The topological polar surface area (TPSA) is 27.7 Å². The van der Waals surface area contributed by atoms with Gasteiger partial charge >= 0.3 is 0 Å². The monoisotopic (exact) mass is 354 g/mol. The van der Waals surface area contributed by atoms with Crippen molar-refractivity contribution in [1.29, 1.82) is 0 Å². The van der Waals surface area contributed by atoms with Crippen LogP contribution in [0.25, 0.3) is 0 Å². The van der Waals surface area contributed by atoms with Crippen LogP contribution in [0.15, 0.2) is 48.3 Å². The summed E-state index contributed by atoms with van der Waals surface area (Å²) in [6.07, 6.45) is 6.91. The number of ether oxygens (including phenoxy) is 3.